The van der Waals surface area contributed by atoms with Crippen LogP contribution in [0.15, 0.2) is 12.4 Å². The van der Waals surface area contributed by atoms with Crippen LogP contribution < -0.4 is 4.74 Å². The summed E-state index contributed by atoms with van der Waals surface area (Å²) in [5, 5.41) is 13.3. The molecule has 0 unspecified atom stereocenters. The molecule has 0 atom stereocenters. The molecule has 0 spiro atoms. The van der Waals surface area contributed by atoms with E-state index in [1.165, 1.54) is 0 Å². The van der Waals surface area contributed by atoms with Gasteiger partial charge < -0.3 is 9.84 Å². The van der Waals surface area contributed by atoms with Gasteiger partial charge in [-0.15, -0.1) is 0 Å². The Hall–Kier alpha value is -1.03. The lowest BCUT2D eigenvalue weighted by molar-refractivity contribution is -0.0108. The van der Waals surface area contributed by atoms with Gasteiger partial charge in [-0.25, -0.2) is 0 Å². The van der Waals surface area contributed by atoms with E-state index in [9.17, 15) is 0 Å². The van der Waals surface area contributed by atoms with Crippen LogP contribution in [-0.4, -0.2) is 27.1 Å². The Bertz CT molecular complexity index is 292. The van der Waals surface area contributed by atoms with Crippen molar-refractivity contribution in [2.75, 3.05) is 0 Å². The number of aromatic nitrogens is 2. The van der Waals surface area contributed by atoms with Crippen LogP contribution in [0.4, 0.5) is 0 Å². The van der Waals surface area contributed by atoms with Crippen molar-refractivity contribution < 1.29 is 9.84 Å². The van der Waals surface area contributed by atoms with E-state index in [0.717, 1.165) is 31.6 Å². The molecule has 0 aromatic carbocycles. The molecule has 4 nitrogen and oxygen atoms in total. The summed E-state index contributed by atoms with van der Waals surface area (Å²) in [6.45, 7) is 3.04. The van der Waals surface area contributed by atoms with Gasteiger partial charge in [0.1, 0.15) is 6.10 Å². The second kappa shape index (κ2) is 4.00. The summed E-state index contributed by atoms with van der Waals surface area (Å²) < 4.78 is 7.48. The molecule has 1 heterocycles. The minimum absolute atomic E-state index is 0.161. The Morgan fingerprint density at radius 3 is 3.07 bits per heavy atom. The summed E-state index contributed by atoms with van der Waals surface area (Å²) in [4.78, 5) is 0. The summed E-state index contributed by atoms with van der Waals surface area (Å²) in [5.41, 5.74) is 0. The summed E-state index contributed by atoms with van der Waals surface area (Å²) in [6, 6.07) is 0. The van der Waals surface area contributed by atoms with Crippen LogP contribution >= 0.6 is 0 Å². The number of aliphatic hydroxyl groups excluding tert-OH is 1. The second-order valence-electron chi connectivity index (χ2n) is 3.80. The molecule has 1 aromatic rings. The standard InChI is InChI=1S/C10H16N2O2/c1-2-3-12-7-10(6-11-12)14-9-4-8(13)5-9/h6-9,13H,2-5H2,1H3. The maximum Gasteiger partial charge on any atom is 0.157 e. The van der Waals surface area contributed by atoms with Gasteiger partial charge in [-0.05, 0) is 6.42 Å². The Morgan fingerprint density at radius 1 is 1.64 bits per heavy atom. The third kappa shape index (κ3) is 2.07. The number of hydrogen-bond donors (Lipinski definition) is 1. The molecule has 1 fully saturated rings. The molecule has 0 radical (unpaired) electrons. The Labute approximate surface area is 83.5 Å². The largest absolute Gasteiger partial charge is 0.487 e. The second-order valence-corrected chi connectivity index (χ2v) is 3.80. The summed E-state index contributed by atoms with van der Waals surface area (Å²) in [6.07, 6.45) is 6.24. The molecular weight excluding hydrogens is 180 g/mol. The topological polar surface area (TPSA) is 47.3 Å². The third-order valence-electron chi connectivity index (χ3n) is 2.43. The van der Waals surface area contributed by atoms with E-state index in [2.05, 4.69) is 12.0 Å². The zero-order chi connectivity index (χ0) is 9.97. The van der Waals surface area contributed by atoms with Crippen LogP contribution in [0.25, 0.3) is 0 Å². The fraction of sp³-hybridized carbons (Fsp3) is 0.700. The van der Waals surface area contributed by atoms with Gasteiger partial charge in [0.15, 0.2) is 5.75 Å². The molecule has 0 bridgehead atoms. The predicted octanol–water partition coefficient (Wildman–Crippen LogP) is 1.20. The van der Waals surface area contributed by atoms with Crippen LogP contribution in [0.3, 0.4) is 0 Å². The Morgan fingerprint density at radius 2 is 2.43 bits per heavy atom. The Balaban J connectivity index is 1.84. The number of aliphatic hydroxyl groups is 1. The van der Waals surface area contributed by atoms with Crippen LogP contribution in [-0.2, 0) is 6.54 Å². The minimum Gasteiger partial charge on any atom is -0.487 e. The first kappa shape index (κ1) is 9.52. The van der Waals surface area contributed by atoms with Gasteiger partial charge in [0.25, 0.3) is 0 Å². The molecule has 14 heavy (non-hydrogen) atoms. The molecule has 0 amide bonds. The molecule has 1 aliphatic rings. The molecule has 1 aliphatic carbocycles. The molecule has 2 rings (SSSR count). The highest BCUT2D eigenvalue weighted by atomic mass is 16.5. The number of ether oxygens (including phenoxy) is 1. The highest BCUT2D eigenvalue weighted by Gasteiger charge is 2.29. The van der Waals surface area contributed by atoms with Gasteiger partial charge in [0.05, 0.1) is 18.5 Å². The van der Waals surface area contributed by atoms with Gasteiger partial charge >= 0.3 is 0 Å². The molecular formula is C10H16N2O2. The number of aryl methyl sites for hydroxylation is 1. The van der Waals surface area contributed by atoms with Crippen molar-refractivity contribution in [1.29, 1.82) is 0 Å². The fourth-order valence-corrected chi connectivity index (χ4v) is 1.58. The number of hydrogen-bond acceptors (Lipinski definition) is 3. The van der Waals surface area contributed by atoms with E-state index >= 15 is 0 Å². The summed E-state index contributed by atoms with van der Waals surface area (Å²) >= 11 is 0. The van der Waals surface area contributed by atoms with Crippen LogP contribution in [0.2, 0.25) is 0 Å². The molecule has 0 saturated heterocycles. The third-order valence-corrected chi connectivity index (χ3v) is 2.43. The smallest absolute Gasteiger partial charge is 0.157 e. The van der Waals surface area contributed by atoms with Crippen LogP contribution in [0.5, 0.6) is 5.75 Å². The van der Waals surface area contributed by atoms with Crippen molar-refractivity contribution >= 4 is 0 Å². The van der Waals surface area contributed by atoms with Crippen molar-refractivity contribution in [3.8, 4) is 5.75 Å². The average molecular weight is 196 g/mol. The van der Waals surface area contributed by atoms with Crippen molar-refractivity contribution in [3.05, 3.63) is 12.4 Å². The van der Waals surface area contributed by atoms with E-state index in [0.29, 0.717) is 0 Å². The van der Waals surface area contributed by atoms with E-state index in [4.69, 9.17) is 9.84 Å². The van der Waals surface area contributed by atoms with Crippen molar-refractivity contribution in [2.45, 2.75) is 44.9 Å². The van der Waals surface area contributed by atoms with Crippen LogP contribution in [0, 0.1) is 0 Å². The van der Waals surface area contributed by atoms with Gasteiger partial charge in [-0.3, -0.25) is 4.68 Å². The fourth-order valence-electron chi connectivity index (χ4n) is 1.58. The zero-order valence-electron chi connectivity index (χ0n) is 8.39. The van der Waals surface area contributed by atoms with Crippen LogP contribution in [0.1, 0.15) is 26.2 Å². The highest BCUT2D eigenvalue weighted by Crippen LogP contribution is 2.25. The molecule has 1 aromatic heterocycles. The van der Waals surface area contributed by atoms with Crippen molar-refractivity contribution in [2.24, 2.45) is 0 Å². The Kier molecular flexibility index (Phi) is 2.72. The van der Waals surface area contributed by atoms with Crippen molar-refractivity contribution in [1.82, 2.24) is 9.78 Å². The lowest BCUT2D eigenvalue weighted by atomic mass is 9.92. The number of rotatable bonds is 4. The lowest BCUT2D eigenvalue weighted by Crippen LogP contribution is -2.37. The average Bonchev–Trinajstić information content (AvgIpc) is 2.51. The molecule has 78 valence electrons. The van der Waals surface area contributed by atoms with E-state index in [1.54, 1.807) is 6.20 Å². The monoisotopic (exact) mass is 196 g/mol. The maximum absolute atomic E-state index is 9.08. The molecule has 4 heteroatoms. The zero-order valence-corrected chi connectivity index (χ0v) is 8.39. The SMILES string of the molecule is CCCn1cc(OC2CC(O)C2)cn1. The van der Waals surface area contributed by atoms with E-state index in [-0.39, 0.29) is 12.2 Å². The number of nitrogens with zero attached hydrogens (tertiary/aromatic N) is 2. The first-order chi connectivity index (χ1) is 6.78. The molecule has 0 aliphatic heterocycles. The lowest BCUT2D eigenvalue weighted by Gasteiger charge is -2.30. The first-order valence-electron chi connectivity index (χ1n) is 5.15. The summed E-state index contributed by atoms with van der Waals surface area (Å²) in [5.74, 6) is 0.815. The van der Waals surface area contributed by atoms with E-state index in [1.807, 2.05) is 10.9 Å². The first-order valence-corrected chi connectivity index (χ1v) is 5.15. The van der Waals surface area contributed by atoms with Gasteiger partial charge in [0.2, 0.25) is 0 Å². The summed E-state index contributed by atoms with van der Waals surface area (Å²) in [7, 11) is 0. The van der Waals surface area contributed by atoms with Gasteiger partial charge in [-0.1, -0.05) is 6.92 Å². The predicted molar refractivity (Wildman–Crippen MR) is 52.2 cm³/mol. The normalized spacial score (nSPS) is 25.9. The molecule has 1 saturated carbocycles. The maximum atomic E-state index is 9.08. The minimum atomic E-state index is -0.161. The highest BCUT2D eigenvalue weighted by molar-refractivity contribution is 5.12. The van der Waals surface area contributed by atoms with Crippen molar-refractivity contribution in [3.63, 3.8) is 0 Å². The van der Waals surface area contributed by atoms with Gasteiger partial charge in [0, 0.05) is 19.4 Å². The quantitative estimate of drug-likeness (QED) is 0.787. The molecule has 1 N–H and O–H groups in total. The van der Waals surface area contributed by atoms with Gasteiger partial charge in [-0.2, -0.15) is 5.10 Å². The van der Waals surface area contributed by atoms with E-state index < -0.39 is 0 Å².